The minimum Gasteiger partial charge on any atom is -0.497 e. The summed E-state index contributed by atoms with van der Waals surface area (Å²) >= 11 is 0. The second kappa shape index (κ2) is 8.50. The van der Waals surface area contributed by atoms with Crippen molar-refractivity contribution in [2.45, 2.75) is 13.1 Å². The molecule has 28 heavy (non-hydrogen) atoms. The summed E-state index contributed by atoms with van der Waals surface area (Å²) in [5.74, 6) is 0.191. The highest BCUT2D eigenvalue weighted by molar-refractivity contribution is 5.64. The third-order valence-electron chi connectivity index (χ3n) is 5.13. The number of benzene rings is 1. The van der Waals surface area contributed by atoms with Crippen molar-refractivity contribution >= 4 is 0 Å². The van der Waals surface area contributed by atoms with Crippen LogP contribution in [-0.2, 0) is 13.1 Å². The Balaban J connectivity index is 1.38. The number of aromatic nitrogens is 3. The van der Waals surface area contributed by atoms with Crippen LogP contribution >= 0.6 is 0 Å². The summed E-state index contributed by atoms with van der Waals surface area (Å²) in [7, 11) is 1.53. The second-order valence-corrected chi connectivity index (χ2v) is 6.99. The fraction of sp³-hybridized carbons (Fsp3) is 0.333. The molecule has 0 radical (unpaired) electrons. The Bertz CT molecular complexity index is 906. The van der Waals surface area contributed by atoms with Gasteiger partial charge in [-0.25, -0.2) is 4.39 Å². The number of H-pyrrole nitrogens is 1. The van der Waals surface area contributed by atoms with E-state index in [9.17, 15) is 4.39 Å². The molecule has 1 N–H and O–H groups in total. The van der Waals surface area contributed by atoms with Crippen LogP contribution in [0.5, 0.6) is 5.75 Å². The monoisotopic (exact) mass is 381 g/mol. The molecule has 0 amide bonds. The summed E-state index contributed by atoms with van der Waals surface area (Å²) in [6, 6.07) is 10.9. The van der Waals surface area contributed by atoms with Gasteiger partial charge in [-0.05, 0) is 24.3 Å². The number of piperazine rings is 1. The Hall–Kier alpha value is -2.77. The Labute approximate surface area is 164 Å². The van der Waals surface area contributed by atoms with Gasteiger partial charge in [0.15, 0.2) is 0 Å². The molecular formula is C21H24FN5O. The molecule has 7 heteroatoms. The number of hydrogen-bond donors (Lipinski definition) is 1. The van der Waals surface area contributed by atoms with Crippen molar-refractivity contribution in [1.29, 1.82) is 0 Å². The molecule has 0 saturated carbocycles. The lowest BCUT2D eigenvalue weighted by molar-refractivity contribution is 0.121. The Morgan fingerprint density at radius 2 is 1.86 bits per heavy atom. The molecule has 1 fully saturated rings. The van der Waals surface area contributed by atoms with E-state index in [1.54, 1.807) is 18.3 Å². The van der Waals surface area contributed by atoms with Crippen LogP contribution in [0.1, 0.15) is 11.3 Å². The van der Waals surface area contributed by atoms with Crippen molar-refractivity contribution in [2.75, 3.05) is 33.3 Å². The molecule has 0 atom stereocenters. The third kappa shape index (κ3) is 4.21. The number of hydrogen-bond acceptors (Lipinski definition) is 5. The molecule has 146 valence electrons. The van der Waals surface area contributed by atoms with Crippen LogP contribution in [0.2, 0.25) is 0 Å². The molecule has 1 aliphatic heterocycles. The van der Waals surface area contributed by atoms with E-state index in [-0.39, 0.29) is 5.82 Å². The van der Waals surface area contributed by atoms with E-state index in [0.29, 0.717) is 11.3 Å². The predicted molar refractivity (Wildman–Crippen MR) is 105 cm³/mol. The van der Waals surface area contributed by atoms with E-state index in [4.69, 9.17) is 4.74 Å². The SMILES string of the molecule is COc1ccc(-c2[nH]ncc2CN2CCN(Cc3ccccn3)CC2)c(F)c1. The average Bonchev–Trinajstić information content (AvgIpc) is 3.18. The standard InChI is InChI=1S/C21H24FN5O/c1-28-18-5-6-19(20(22)12-18)21-16(13-24-25-21)14-26-8-10-27(11-9-26)15-17-4-2-3-7-23-17/h2-7,12-13H,8-11,14-15H2,1H3,(H,24,25). The van der Waals surface area contributed by atoms with E-state index in [2.05, 4.69) is 31.0 Å². The maximum atomic E-state index is 14.5. The molecule has 0 aliphatic carbocycles. The molecule has 2 aromatic heterocycles. The van der Waals surface area contributed by atoms with Crippen molar-refractivity contribution in [2.24, 2.45) is 0 Å². The highest BCUT2D eigenvalue weighted by Crippen LogP contribution is 2.28. The quantitative estimate of drug-likeness (QED) is 0.712. The van der Waals surface area contributed by atoms with Crippen LogP contribution in [-0.4, -0.2) is 58.3 Å². The zero-order chi connectivity index (χ0) is 19.3. The van der Waals surface area contributed by atoms with Gasteiger partial charge in [-0.2, -0.15) is 5.10 Å². The summed E-state index contributed by atoms with van der Waals surface area (Å²) in [5, 5.41) is 7.11. The van der Waals surface area contributed by atoms with Crippen LogP contribution in [0.3, 0.4) is 0 Å². The fourth-order valence-corrected chi connectivity index (χ4v) is 3.56. The van der Waals surface area contributed by atoms with Crippen molar-refractivity contribution in [3.8, 4) is 17.0 Å². The van der Waals surface area contributed by atoms with Gasteiger partial charge in [0.05, 0.1) is 24.7 Å². The average molecular weight is 381 g/mol. The van der Waals surface area contributed by atoms with E-state index in [0.717, 1.165) is 56.2 Å². The van der Waals surface area contributed by atoms with Crippen LogP contribution in [0, 0.1) is 5.82 Å². The van der Waals surface area contributed by atoms with Gasteiger partial charge < -0.3 is 4.74 Å². The molecule has 1 saturated heterocycles. The highest BCUT2D eigenvalue weighted by Gasteiger charge is 2.20. The minimum absolute atomic E-state index is 0.315. The van der Waals surface area contributed by atoms with E-state index >= 15 is 0 Å². The lowest BCUT2D eigenvalue weighted by Crippen LogP contribution is -2.45. The lowest BCUT2D eigenvalue weighted by atomic mass is 10.1. The van der Waals surface area contributed by atoms with Gasteiger partial charge in [0.1, 0.15) is 11.6 Å². The lowest BCUT2D eigenvalue weighted by Gasteiger charge is -2.34. The molecule has 3 heterocycles. The fourth-order valence-electron chi connectivity index (χ4n) is 3.56. The molecule has 6 nitrogen and oxygen atoms in total. The largest absolute Gasteiger partial charge is 0.497 e. The Morgan fingerprint density at radius 1 is 1.07 bits per heavy atom. The summed E-state index contributed by atoms with van der Waals surface area (Å²) < 4.78 is 19.6. The van der Waals surface area contributed by atoms with Gasteiger partial charge in [0, 0.05) is 62.7 Å². The van der Waals surface area contributed by atoms with Crippen LogP contribution in [0.15, 0.2) is 48.8 Å². The molecule has 0 bridgehead atoms. The number of methoxy groups -OCH3 is 1. The van der Waals surface area contributed by atoms with Crippen molar-refractivity contribution in [3.05, 3.63) is 65.9 Å². The number of pyridine rings is 1. The van der Waals surface area contributed by atoms with Gasteiger partial charge in [-0.3, -0.25) is 19.9 Å². The van der Waals surface area contributed by atoms with Crippen LogP contribution in [0.25, 0.3) is 11.3 Å². The van der Waals surface area contributed by atoms with E-state index in [1.807, 2.05) is 18.3 Å². The maximum Gasteiger partial charge on any atom is 0.136 e. The molecule has 3 aromatic rings. The van der Waals surface area contributed by atoms with Crippen molar-refractivity contribution in [1.82, 2.24) is 25.0 Å². The van der Waals surface area contributed by atoms with Crippen LogP contribution in [0.4, 0.5) is 4.39 Å². The number of aromatic amines is 1. The Kier molecular flexibility index (Phi) is 5.64. The summed E-state index contributed by atoms with van der Waals surface area (Å²) in [4.78, 5) is 9.20. The smallest absolute Gasteiger partial charge is 0.136 e. The van der Waals surface area contributed by atoms with Crippen molar-refractivity contribution in [3.63, 3.8) is 0 Å². The third-order valence-corrected chi connectivity index (χ3v) is 5.13. The number of halogens is 1. The molecule has 1 aliphatic rings. The van der Waals surface area contributed by atoms with Gasteiger partial charge in [0.2, 0.25) is 0 Å². The molecule has 0 spiro atoms. The molecular weight excluding hydrogens is 357 g/mol. The Morgan fingerprint density at radius 3 is 2.54 bits per heavy atom. The summed E-state index contributed by atoms with van der Waals surface area (Å²) in [5.41, 5.74) is 3.35. The van der Waals surface area contributed by atoms with Gasteiger partial charge in [-0.15, -0.1) is 0 Å². The zero-order valence-electron chi connectivity index (χ0n) is 15.9. The van der Waals surface area contributed by atoms with Gasteiger partial charge >= 0.3 is 0 Å². The second-order valence-electron chi connectivity index (χ2n) is 6.99. The number of ether oxygens (including phenoxy) is 1. The highest BCUT2D eigenvalue weighted by atomic mass is 19.1. The first-order valence-corrected chi connectivity index (χ1v) is 9.43. The number of nitrogens with one attached hydrogen (secondary N) is 1. The predicted octanol–water partition coefficient (Wildman–Crippen LogP) is 2.94. The summed E-state index contributed by atoms with van der Waals surface area (Å²) in [6.45, 7) is 5.52. The first-order valence-electron chi connectivity index (χ1n) is 9.43. The molecule has 1 aromatic carbocycles. The van der Waals surface area contributed by atoms with Gasteiger partial charge in [-0.1, -0.05) is 6.07 Å². The van der Waals surface area contributed by atoms with Crippen LogP contribution < -0.4 is 4.74 Å². The van der Waals surface area contributed by atoms with Crippen molar-refractivity contribution < 1.29 is 9.13 Å². The maximum absolute atomic E-state index is 14.5. The summed E-state index contributed by atoms with van der Waals surface area (Å²) in [6.07, 6.45) is 3.63. The first-order chi connectivity index (χ1) is 13.7. The number of rotatable bonds is 6. The first kappa shape index (κ1) is 18.6. The normalized spacial score (nSPS) is 15.6. The molecule has 4 rings (SSSR count). The van der Waals surface area contributed by atoms with E-state index < -0.39 is 0 Å². The minimum atomic E-state index is -0.315. The number of nitrogens with zero attached hydrogens (tertiary/aromatic N) is 4. The van der Waals surface area contributed by atoms with E-state index in [1.165, 1.54) is 13.2 Å². The van der Waals surface area contributed by atoms with Gasteiger partial charge in [0.25, 0.3) is 0 Å². The zero-order valence-corrected chi connectivity index (χ0v) is 15.9. The topological polar surface area (TPSA) is 57.3 Å². The molecule has 0 unspecified atom stereocenters.